The number of halogens is 3. The highest BCUT2D eigenvalue weighted by molar-refractivity contribution is 5.69. The van der Waals surface area contributed by atoms with E-state index in [9.17, 15) is 13.2 Å². The standard InChI is InChI=1S/C21H23F3/c1-3-5-7-19(22)21(24)18-13-12-17(14-20(18)23)16-10-8-15(6-4-2)9-11-16/h8-14H,3-7H2,1-2H3/b21-19-. The predicted molar refractivity (Wildman–Crippen MR) is 94.5 cm³/mol. The number of hydrogen-bond donors (Lipinski definition) is 0. The molecule has 2 rings (SSSR count). The maximum Gasteiger partial charge on any atom is 0.164 e. The van der Waals surface area contributed by atoms with Gasteiger partial charge in [-0.2, -0.15) is 0 Å². The maximum absolute atomic E-state index is 14.2. The summed E-state index contributed by atoms with van der Waals surface area (Å²) in [7, 11) is 0. The summed E-state index contributed by atoms with van der Waals surface area (Å²) in [5, 5.41) is 0. The van der Waals surface area contributed by atoms with E-state index in [2.05, 4.69) is 6.92 Å². The van der Waals surface area contributed by atoms with Gasteiger partial charge in [-0.1, -0.05) is 57.0 Å². The van der Waals surface area contributed by atoms with Crippen LogP contribution < -0.4 is 0 Å². The van der Waals surface area contributed by atoms with Crippen molar-refractivity contribution in [2.75, 3.05) is 0 Å². The van der Waals surface area contributed by atoms with Crippen molar-refractivity contribution in [2.45, 2.75) is 46.0 Å². The van der Waals surface area contributed by atoms with Crippen LogP contribution in [0.2, 0.25) is 0 Å². The minimum Gasteiger partial charge on any atom is -0.209 e. The van der Waals surface area contributed by atoms with Gasteiger partial charge in [-0.15, -0.1) is 0 Å². The Balaban J connectivity index is 2.26. The molecule has 0 N–H and O–H groups in total. The molecule has 0 aliphatic heterocycles. The highest BCUT2D eigenvalue weighted by Gasteiger charge is 2.14. The molecule has 0 aromatic heterocycles. The number of allylic oxidation sites excluding steroid dienone is 1. The normalized spacial score (nSPS) is 12.2. The number of unbranched alkanes of at least 4 members (excludes halogenated alkanes) is 1. The second-order valence-electron chi connectivity index (χ2n) is 5.96. The maximum atomic E-state index is 14.2. The lowest BCUT2D eigenvalue weighted by Gasteiger charge is -2.07. The van der Waals surface area contributed by atoms with E-state index in [1.165, 1.54) is 17.7 Å². The summed E-state index contributed by atoms with van der Waals surface area (Å²) in [5.74, 6) is -2.72. The number of benzene rings is 2. The molecule has 0 radical (unpaired) electrons. The van der Waals surface area contributed by atoms with Crippen molar-refractivity contribution in [1.82, 2.24) is 0 Å². The molecule has 0 saturated heterocycles. The molecule has 0 saturated carbocycles. The first-order valence-corrected chi connectivity index (χ1v) is 8.50. The monoisotopic (exact) mass is 332 g/mol. The molecule has 0 bridgehead atoms. The molecule has 0 heterocycles. The number of aryl methyl sites for hydroxylation is 1. The summed E-state index contributed by atoms with van der Waals surface area (Å²) in [6.45, 7) is 4.01. The Labute approximate surface area is 142 Å². The molecule has 0 unspecified atom stereocenters. The van der Waals surface area contributed by atoms with Crippen molar-refractivity contribution in [3.05, 3.63) is 65.2 Å². The Bertz CT molecular complexity index is 700. The molecule has 2 aromatic carbocycles. The van der Waals surface area contributed by atoms with Gasteiger partial charge in [0.1, 0.15) is 11.6 Å². The Morgan fingerprint density at radius 1 is 0.875 bits per heavy atom. The fourth-order valence-corrected chi connectivity index (χ4v) is 2.61. The van der Waals surface area contributed by atoms with Gasteiger partial charge in [0.05, 0.1) is 0 Å². The Kier molecular flexibility index (Phi) is 6.65. The average Bonchev–Trinajstić information content (AvgIpc) is 2.60. The minimum absolute atomic E-state index is 0.00240. The van der Waals surface area contributed by atoms with Crippen LogP contribution in [0.1, 0.15) is 50.7 Å². The van der Waals surface area contributed by atoms with Gasteiger partial charge >= 0.3 is 0 Å². The lowest BCUT2D eigenvalue weighted by Crippen LogP contribution is -1.91. The predicted octanol–water partition coefficient (Wildman–Crippen LogP) is 7.24. The van der Waals surface area contributed by atoms with Crippen LogP contribution in [0.3, 0.4) is 0 Å². The van der Waals surface area contributed by atoms with Crippen molar-refractivity contribution in [1.29, 1.82) is 0 Å². The average molecular weight is 332 g/mol. The second kappa shape index (κ2) is 8.72. The minimum atomic E-state index is -1.09. The third-order valence-electron chi connectivity index (χ3n) is 4.02. The van der Waals surface area contributed by atoms with Crippen molar-refractivity contribution in [2.24, 2.45) is 0 Å². The van der Waals surface area contributed by atoms with Crippen LogP contribution in [0.5, 0.6) is 0 Å². The molecule has 0 fully saturated rings. The number of rotatable bonds is 7. The Hall–Kier alpha value is -2.03. The fourth-order valence-electron chi connectivity index (χ4n) is 2.61. The Morgan fingerprint density at radius 3 is 2.12 bits per heavy atom. The summed E-state index contributed by atoms with van der Waals surface area (Å²) < 4.78 is 42.0. The van der Waals surface area contributed by atoms with E-state index in [1.807, 2.05) is 31.2 Å². The first kappa shape index (κ1) is 18.3. The van der Waals surface area contributed by atoms with E-state index in [1.54, 1.807) is 6.07 Å². The van der Waals surface area contributed by atoms with Crippen molar-refractivity contribution in [3.8, 4) is 11.1 Å². The number of hydrogen-bond acceptors (Lipinski definition) is 0. The largest absolute Gasteiger partial charge is 0.209 e. The highest BCUT2D eigenvalue weighted by Crippen LogP contribution is 2.30. The third kappa shape index (κ3) is 4.50. The van der Waals surface area contributed by atoms with Crippen LogP contribution in [0.25, 0.3) is 17.0 Å². The SMILES string of the molecule is CCCC/C(F)=C(/F)c1ccc(-c2ccc(CCC)cc2)cc1F. The van der Waals surface area contributed by atoms with Gasteiger partial charge in [-0.25, -0.2) is 13.2 Å². The zero-order chi connectivity index (χ0) is 17.5. The zero-order valence-electron chi connectivity index (χ0n) is 14.2. The topological polar surface area (TPSA) is 0 Å². The van der Waals surface area contributed by atoms with Gasteiger partial charge in [-0.3, -0.25) is 0 Å². The molecule has 24 heavy (non-hydrogen) atoms. The lowest BCUT2D eigenvalue weighted by molar-refractivity contribution is 0.542. The fraction of sp³-hybridized carbons (Fsp3) is 0.333. The van der Waals surface area contributed by atoms with Crippen LogP contribution in [0.4, 0.5) is 13.2 Å². The molecule has 0 amide bonds. The molecule has 0 aliphatic rings. The molecule has 128 valence electrons. The van der Waals surface area contributed by atoms with Gasteiger partial charge in [0, 0.05) is 12.0 Å². The van der Waals surface area contributed by atoms with Crippen LogP contribution in [0.15, 0.2) is 48.3 Å². The first-order chi connectivity index (χ1) is 11.6. The molecular weight excluding hydrogens is 309 g/mol. The smallest absolute Gasteiger partial charge is 0.164 e. The van der Waals surface area contributed by atoms with Gasteiger partial charge in [0.15, 0.2) is 5.83 Å². The zero-order valence-corrected chi connectivity index (χ0v) is 14.2. The van der Waals surface area contributed by atoms with Crippen molar-refractivity contribution in [3.63, 3.8) is 0 Å². The second-order valence-corrected chi connectivity index (χ2v) is 5.96. The van der Waals surface area contributed by atoms with Crippen LogP contribution in [-0.2, 0) is 6.42 Å². The molecule has 3 heteroatoms. The van der Waals surface area contributed by atoms with E-state index < -0.39 is 17.5 Å². The molecule has 0 nitrogen and oxygen atoms in total. The van der Waals surface area contributed by atoms with E-state index in [4.69, 9.17) is 0 Å². The third-order valence-corrected chi connectivity index (χ3v) is 4.02. The van der Waals surface area contributed by atoms with E-state index >= 15 is 0 Å². The summed E-state index contributed by atoms with van der Waals surface area (Å²) >= 11 is 0. The first-order valence-electron chi connectivity index (χ1n) is 8.50. The van der Waals surface area contributed by atoms with Crippen molar-refractivity contribution >= 4 is 5.83 Å². The molecule has 0 atom stereocenters. The van der Waals surface area contributed by atoms with E-state index in [0.717, 1.165) is 24.8 Å². The molecule has 0 spiro atoms. The van der Waals surface area contributed by atoms with Crippen LogP contribution in [-0.4, -0.2) is 0 Å². The van der Waals surface area contributed by atoms with Gasteiger partial charge in [0.2, 0.25) is 0 Å². The van der Waals surface area contributed by atoms with Crippen molar-refractivity contribution < 1.29 is 13.2 Å². The Morgan fingerprint density at radius 2 is 1.54 bits per heavy atom. The summed E-state index contributed by atoms with van der Waals surface area (Å²) in [6, 6.07) is 12.1. The quantitative estimate of drug-likeness (QED) is 0.501. The summed E-state index contributed by atoms with van der Waals surface area (Å²) in [6.07, 6.45) is 3.38. The van der Waals surface area contributed by atoms with E-state index in [-0.39, 0.29) is 12.0 Å². The highest BCUT2D eigenvalue weighted by atomic mass is 19.2. The van der Waals surface area contributed by atoms with E-state index in [0.29, 0.717) is 12.0 Å². The molecular formula is C21H23F3. The lowest BCUT2D eigenvalue weighted by atomic mass is 10.00. The molecule has 2 aromatic rings. The van der Waals surface area contributed by atoms with Gasteiger partial charge in [-0.05, 0) is 41.7 Å². The van der Waals surface area contributed by atoms with Gasteiger partial charge in [0.25, 0.3) is 0 Å². The summed E-state index contributed by atoms with van der Waals surface area (Å²) in [5.41, 5.74) is 2.43. The van der Waals surface area contributed by atoms with Gasteiger partial charge < -0.3 is 0 Å². The van der Waals surface area contributed by atoms with Crippen LogP contribution >= 0.6 is 0 Å². The summed E-state index contributed by atoms with van der Waals surface area (Å²) in [4.78, 5) is 0. The van der Waals surface area contributed by atoms with Crippen LogP contribution in [0, 0.1) is 5.82 Å². The molecule has 0 aliphatic carbocycles.